The summed E-state index contributed by atoms with van der Waals surface area (Å²) in [5, 5.41) is 10.1. The van der Waals surface area contributed by atoms with Gasteiger partial charge in [0.15, 0.2) is 17.9 Å². The van der Waals surface area contributed by atoms with Crippen molar-refractivity contribution in [3.8, 4) is 0 Å². The van der Waals surface area contributed by atoms with Crippen molar-refractivity contribution in [2.75, 3.05) is 0 Å². The maximum atomic E-state index is 10.1. The lowest BCUT2D eigenvalue weighted by Gasteiger charge is -2.38. The van der Waals surface area contributed by atoms with Crippen LogP contribution in [0.3, 0.4) is 0 Å². The monoisotopic (exact) mass is 286 g/mol. The average molecular weight is 286 g/mol. The Morgan fingerprint density at radius 2 is 1.50 bits per heavy atom. The van der Waals surface area contributed by atoms with Crippen LogP contribution in [0.2, 0.25) is 0 Å². The topological polar surface area (TPSA) is 66.4 Å². The van der Waals surface area contributed by atoms with Gasteiger partial charge in [0.2, 0.25) is 0 Å². The summed E-state index contributed by atoms with van der Waals surface area (Å²) >= 11 is 0. The molecular formula is C14H22O6. The predicted molar refractivity (Wildman–Crippen MR) is 68.7 cm³/mol. The molecule has 0 spiro atoms. The van der Waals surface area contributed by atoms with Gasteiger partial charge in [-0.05, 0) is 27.7 Å². The van der Waals surface area contributed by atoms with Crippen molar-refractivity contribution >= 4 is 0 Å². The average Bonchev–Trinajstić information content (AvgIpc) is 2.81. The molecule has 3 fully saturated rings. The van der Waals surface area contributed by atoms with Crippen LogP contribution in [0.1, 0.15) is 27.7 Å². The third-order valence-corrected chi connectivity index (χ3v) is 3.77. The van der Waals surface area contributed by atoms with E-state index in [4.69, 9.17) is 23.7 Å². The Bertz CT molecular complexity index is 406. The second kappa shape index (κ2) is 4.50. The normalized spacial score (nSPS) is 46.5. The first-order valence-electron chi connectivity index (χ1n) is 6.90. The highest BCUT2D eigenvalue weighted by atomic mass is 16.9. The zero-order valence-electron chi connectivity index (χ0n) is 12.2. The smallest absolute Gasteiger partial charge is 0.190 e. The summed E-state index contributed by atoms with van der Waals surface area (Å²) < 4.78 is 29.2. The summed E-state index contributed by atoms with van der Waals surface area (Å²) in [5.74, 6) is -1.49. The number of rotatable bonds is 2. The Labute approximate surface area is 118 Å². The van der Waals surface area contributed by atoms with Crippen molar-refractivity contribution in [1.29, 1.82) is 0 Å². The largest absolute Gasteiger partial charge is 0.386 e. The number of hydrogen-bond donors (Lipinski definition) is 1. The van der Waals surface area contributed by atoms with Gasteiger partial charge in [0.05, 0.1) is 0 Å². The van der Waals surface area contributed by atoms with E-state index in [-0.39, 0.29) is 12.2 Å². The van der Waals surface area contributed by atoms with Crippen LogP contribution in [0.25, 0.3) is 0 Å². The van der Waals surface area contributed by atoms with Gasteiger partial charge in [-0.3, -0.25) is 0 Å². The van der Waals surface area contributed by atoms with Crippen molar-refractivity contribution < 1.29 is 28.8 Å². The molecule has 0 saturated carbocycles. The fraction of sp³-hybridized carbons (Fsp3) is 0.857. The van der Waals surface area contributed by atoms with Crippen LogP contribution < -0.4 is 0 Å². The highest BCUT2D eigenvalue weighted by molar-refractivity contribution is 5.04. The summed E-state index contributed by atoms with van der Waals surface area (Å²) in [6.07, 6.45) is -1.72. The highest BCUT2D eigenvalue weighted by Crippen LogP contribution is 2.44. The van der Waals surface area contributed by atoms with Crippen LogP contribution in [0.15, 0.2) is 12.7 Å². The van der Waals surface area contributed by atoms with Gasteiger partial charge in [0, 0.05) is 0 Å². The molecule has 0 radical (unpaired) electrons. The molecule has 6 nitrogen and oxygen atoms in total. The molecule has 3 heterocycles. The fourth-order valence-electron chi connectivity index (χ4n) is 3.05. The van der Waals surface area contributed by atoms with Gasteiger partial charge in [0.25, 0.3) is 0 Å². The molecule has 0 aromatic carbocycles. The van der Waals surface area contributed by atoms with Gasteiger partial charge in [-0.2, -0.15) is 0 Å². The van der Waals surface area contributed by atoms with Crippen molar-refractivity contribution in [2.24, 2.45) is 0 Å². The van der Waals surface area contributed by atoms with Crippen LogP contribution >= 0.6 is 0 Å². The van der Waals surface area contributed by atoms with E-state index < -0.39 is 36.2 Å². The summed E-state index contributed by atoms with van der Waals surface area (Å²) in [6.45, 7) is 10.9. The molecule has 20 heavy (non-hydrogen) atoms. The number of hydrogen-bond acceptors (Lipinski definition) is 6. The first-order valence-corrected chi connectivity index (χ1v) is 6.90. The summed E-state index contributed by atoms with van der Waals surface area (Å²) in [4.78, 5) is 0. The number of aliphatic hydroxyl groups excluding tert-OH is 1. The van der Waals surface area contributed by atoms with E-state index in [1.807, 2.05) is 27.7 Å². The molecule has 3 aliphatic heterocycles. The van der Waals surface area contributed by atoms with Gasteiger partial charge in [-0.25, -0.2) is 0 Å². The fourth-order valence-corrected chi connectivity index (χ4v) is 3.05. The van der Waals surface area contributed by atoms with Crippen molar-refractivity contribution in [3.05, 3.63) is 12.7 Å². The maximum Gasteiger partial charge on any atom is 0.190 e. The Morgan fingerprint density at radius 1 is 0.950 bits per heavy atom. The summed E-state index contributed by atoms with van der Waals surface area (Å²) in [6, 6.07) is 0. The number of aliphatic hydroxyl groups is 1. The molecule has 114 valence electrons. The zero-order valence-corrected chi connectivity index (χ0v) is 12.2. The van der Waals surface area contributed by atoms with Crippen molar-refractivity contribution in [1.82, 2.24) is 0 Å². The lowest BCUT2D eigenvalue weighted by atomic mass is 9.95. The third kappa shape index (κ3) is 2.30. The second-order valence-electron chi connectivity index (χ2n) is 6.36. The van der Waals surface area contributed by atoms with E-state index in [0.717, 1.165) is 0 Å². The minimum absolute atomic E-state index is 0.342. The molecule has 0 aromatic heterocycles. The van der Waals surface area contributed by atoms with E-state index in [1.54, 1.807) is 0 Å². The van der Waals surface area contributed by atoms with Crippen LogP contribution in [-0.4, -0.2) is 53.5 Å². The first-order chi connectivity index (χ1) is 9.22. The minimum Gasteiger partial charge on any atom is -0.386 e. The van der Waals surface area contributed by atoms with Crippen LogP contribution in [0.5, 0.6) is 0 Å². The summed E-state index contributed by atoms with van der Waals surface area (Å²) in [7, 11) is 0. The summed E-state index contributed by atoms with van der Waals surface area (Å²) in [5.41, 5.74) is 0. The molecule has 0 aromatic rings. The molecule has 3 rings (SSSR count). The molecule has 3 aliphatic rings. The lowest BCUT2D eigenvalue weighted by Crippen LogP contribution is -2.58. The van der Waals surface area contributed by atoms with Crippen molar-refractivity contribution in [3.63, 3.8) is 0 Å². The van der Waals surface area contributed by atoms with Crippen molar-refractivity contribution in [2.45, 2.75) is 76.1 Å². The van der Waals surface area contributed by atoms with Crippen LogP contribution in [-0.2, 0) is 23.7 Å². The molecule has 1 N–H and O–H groups in total. The molecular weight excluding hydrogens is 264 g/mol. The first kappa shape index (κ1) is 14.4. The molecule has 0 amide bonds. The standard InChI is InChI=1S/C14H22O6/c1-6-7(15)8-9-10(18-13(2,3)17-9)11-12(16-8)20-14(4,5)19-11/h6-12,15H,1H2,2-5H3/t7-,8+,9-,10+,11-,12+/m1/s1. The van der Waals surface area contributed by atoms with E-state index in [9.17, 15) is 5.11 Å². The van der Waals surface area contributed by atoms with Gasteiger partial charge in [-0.1, -0.05) is 6.08 Å². The number of ether oxygens (including phenoxy) is 5. The molecule has 6 heteroatoms. The Hall–Kier alpha value is -0.500. The van der Waals surface area contributed by atoms with Gasteiger partial charge >= 0.3 is 0 Å². The van der Waals surface area contributed by atoms with Gasteiger partial charge < -0.3 is 28.8 Å². The van der Waals surface area contributed by atoms with Gasteiger partial charge in [-0.15, -0.1) is 6.58 Å². The van der Waals surface area contributed by atoms with E-state index in [1.165, 1.54) is 6.08 Å². The molecule has 3 saturated heterocycles. The van der Waals surface area contributed by atoms with E-state index >= 15 is 0 Å². The lowest BCUT2D eigenvalue weighted by molar-refractivity contribution is -0.247. The molecule has 0 unspecified atom stereocenters. The van der Waals surface area contributed by atoms with E-state index in [0.29, 0.717) is 0 Å². The van der Waals surface area contributed by atoms with Crippen LogP contribution in [0.4, 0.5) is 0 Å². The molecule has 6 atom stereocenters. The molecule has 0 aliphatic carbocycles. The van der Waals surface area contributed by atoms with Gasteiger partial charge in [0.1, 0.15) is 30.5 Å². The predicted octanol–water partition coefficient (Wildman–Crippen LogP) is 0.930. The second-order valence-corrected chi connectivity index (χ2v) is 6.36. The zero-order chi connectivity index (χ0) is 14.7. The Balaban J connectivity index is 1.89. The third-order valence-electron chi connectivity index (χ3n) is 3.77. The highest BCUT2D eigenvalue weighted by Gasteiger charge is 2.61. The maximum absolute atomic E-state index is 10.1. The quantitative estimate of drug-likeness (QED) is 0.762. The Morgan fingerprint density at radius 3 is 2.15 bits per heavy atom. The molecule has 0 bridgehead atoms. The Kier molecular flexibility index (Phi) is 3.25. The van der Waals surface area contributed by atoms with E-state index in [2.05, 4.69) is 6.58 Å². The van der Waals surface area contributed by atoms with Crippen LogP contribution in [0, 0.1) is 0 Å². The SMILES string of the molecule is C=C[C@@H](O)[C@@H]1O[C@H]2OC(C)(C)O[C@@H]2[C@H]2OC(C)(C)O[C@@H]21. The minimum atomic E-state index is -0.853. The number of fused-ring (bicyclic) bond motifs is 3.